The van der Waals surface area contributed by atoms with Crippen molar-refractivity contribution in [2.24, 2.45) is 0 Å². The first-order chi connectivity index (χ1) is 12.2. The first-order valence-corrected chi connectivity index (χ1v) is 8.86. The molecule has 0 saturated carbocycles. The molecule has 6 heteroatoms. The third-order valence-electron chi connectivity index (χ3n) is 5.59. The summed E-state index contributed by atoms with van der Waals surface area (Å²) in [5.74, 6) is 0.117. The molecule has 2 aromatic rings. The van der Waals surface area contributed by atoms with E-state index in [1.807, 2.05) is 41.4 Å². The minimum Gasteiger partial charge on any atom is -0.381 e. The highest BCUT2D eigenvalue weighted by atomic mass is 16.5. The monoisotopic (exact) mass is 340 g/mol. The lowest BCUT2D eigenvalue weighted by Crippen LogP contribution is -2.63. The van der Waals surface area contributed by atoms with E-state index in [9.17, 15) is 4.79 Å². The highest BCUT2D eigenvalue weighted by molar-refractivity contribution is 5.94. The van der Waals surface area contributed by atoms with Gasteiger partial charge in [0.1, 0.15) is 0 Å². The van der Waals surface area contributed by atoms with E-state index in [2.05, 4.69) is 17.0 Å². The van der Waals surface area contributed by atoms with Crippen LogP contribution in [0.2, 0.25) is 0 Å². The van der Waals surface area contributed by atoms with E-state index < -0.39 is 0 Å². The van der Waals surface area contributed by atoms with Crippen LogP contribution in [0.5, 0.6) is 0 Å². The summed E-state index contributed by atoms with van der Waals surface area (Å²) >= 11 is 0. The van der Waals surface area contributed by atoms with Gasteiger partial charge < -0.3 is 9.64 Å². The van der Waals surface area contributed by atoms with E-state index in [-0.39, 0.29) is 11.4 Å². The zero-order valence-electron chi connectivity index (χ0n) is 14.6. The number of ether oxygens (including phenoxy) is 1. The number of nitrogens with zero attached hydrogens (tertiary/aromatic N) is 4. The van der Waals surface area contributed by atoms with Crippen LogP contribution in [0.15, 0.2) is 42.7 Å². The number of hydrogen-bond donors (Lipinski definition) is 0. The Bertz CT molecular complexity index is 720. The topological polar surface area (TPSA) is 50.6 Å². The highest BCUT2D eigenvalue weighted by Crippen LogP contribution is 2.31. The Morgan fingerprint density at radius 3 is 2.60 bits per heavy atom. The number of hydrogen-bond acceptors (Lipinski definition) is 4. The maximum atomic E-state index is 13.0. The van der Waals surface area contributed by atoms with Gasteiger partial charge in [-0.3, -0.25) is 9.69 Å². The summed E-state index contributed by atoms with van der Waals surface area (Å²) in [5, 5.41) is 4.22. The molecule has 2 saturated heterocycles. The molecular weight excluding hydrogens is 316 g/mol. The maximum Gasteiger partial charge on any atom is 0.253 e. The van der Waals surface area contributed by atoms with E-state index in [1.54, 1.807) is 10.9 Å². The van der Waals surface area contributed by atoms with E-state index in [4.69, 9.17) is 4.74 Å². The summed E-state index contributed by atoms with van der Waals surface area (Å²) in [6.45, 7) is 4.04. The lowest BCUT2D eigenvalue weighted by molar-refractivity contribution is -0.0543. The summed E-state index contributed by atoms with van der Waals surface area (Å²) in [6, 6.07) is 9.57. The van der Waals surface area contributed by atoms with Gasteiger partial charge in [0.2, 0.25) is 0 Å². The molecular formula is C19H24N4O2. The predicted molar refractivity (Wildman–Crippen MR) is 94.9 cm³/mol. The predicted octanol–water partition coefficient (Wildman–Crippen LogP) is 1.81. The van der Waals surface area contributed by atoms with Gasteiger partial charge in [-0.2, -0.15) is 5.10 Å². The Labute approximate surface area is 148 Å². The van der Waals surface area contributed by atoms with E-state index in [1.165, 1.54) is 0 Å². The average molecular weight is 340 g/mol. The van der Waals surface area contributed by atoms with Crippen LogP contribution >= 0.6 is 0 Å². The number of rotatable bonds is 2. The number of benzene rings is 1. The zero-order chi connectivity index (χ0) is 17.3. The molecule has 3 heterocycles. The van der Waals surface area contributed by atoms with Gasteiger partial charge in [-0.1, -0.05) is 0 Å². The van der Waals surface area contributed by atoms with Gasteiger partial charge in [0.05, 0.1) is 5.69 Å². The van der Waals surface area contributed by atoms with Crippen LogP contribution in [-0.4, -0.2) is 70.9 Å². The molecule has 25 heavy (non-hydrogen) atoms. The molecule has 1 aromatic carbocycles. The van der Waals surface area contributed by atoms with Gasteiger partial charge in [0.25, 0.3) is 5.91 Å². The fraction of sp³-hybridized carbons (Fsp3) is 0.474. The minimum atomic E-state index is 0.0706. The van der Waals surface area contributed by atoms with Gasteiger partial charge in [0.15, 0.2) is 0 Å². The molecule has 6 nitrogen and oxygen atoms in total. The molecule has 0 aliphatic carbocycles. The van der Waals surface area contributed by atoms with Crippen molar-refractivity contribution >= 4 is 5.91 Å². The van der Waals surface area contributed by atoms with Crippen molar-refractivity contribution in [1.29, 1.82) is 0 Å². The number of amides is 1. The normalized spacial score (nSPS) is 20.8. The molecule has 0 unspecified atom stereocenters. The van der Waals surface area contributed by atoms with Crippen LogP contribution in [0, 0.1) is 0 Å². The molecule has 2 fully saturated rings. The minimum absolute atomic E-state index is 0.0706. The van der Waals surface area contributed by atoms with E-state index >= 15 is 0 Å². The lowest BCUT2D eigenvalue weighted by atomic mass is 9.85. The van der Waals surface area contributed by atoms with Gasteiger partial charge in [-0.25, -0.2) is 4.68 Å². The fourth-order valence-electron chi connectivity index (χ4n) is 3.89. The van der Waals surface area contributed by atoms with E-state index in [0.717, 1.165) is 56.9 Å². The first-order valence-electron chi connectivity index (χ1n) is 8.86. The van der Waals surface area contributed by atoms with Crippen molar-refractivity contribution in [1.82, 2.24) is 19.6 Å². The van der Waals surface area contributed by atoms with Crippen molar-refractivity contribution in [2.75, 3.05) is 39.9 Å². The summed E-state index contributed by atoms with van der Waals surface area (Å²) < 4.78 is 7.33. The van der Waals surface area contributed by atoms with Gasteiger partial charge in [0, 0.05) is 56.3 Å². The molecule has 2 aliphatic heterocycles. The molecule has 0 N–H and O–H groups in total. The molecule has 0 atom stereocenters. The average Bonchev–Trinajstić information content (AvgIpc) is 3.19. The molecule has 132 valence electrons. The number of carbonyl (C=O) groups is 1. The molecule has 0 radical (unpaired) electrons. The molecule has 1 amide bonds. The van der Waals surface area contributed by atoms with Gasteiger partial charge in [-0.15, -0.1) is 0 Å². The van der Waals surface area contributed by atoms with Crippen LogP contribution in [-0.2, 0) is 4.74 Å². The summed E-state index contributed by atoms with van der Waals surface area (Å²) in [5.41, 5.74) is 1.77. The Hall–Kier alpha value is -2.18. The zero-order valence-corrected chi connectivity index (χ0v) is 14.6. The molecule has 0 bridgehead atoms. The summed E-state index contributed by atoms with van der Waals surface area (Å²) in [7, 11) is 2.17. The first kappa shape index (κ1) is 16.3. The maximum absolute atomic E-state index is 13.0. The van der Waals surface area contributed by atoms with Gasteiger partial charge >= 0.3 is 0 Å². The van der Waals surface area contributed by atoms with Crippen molar-refractivity contribution in [3.05, 3.63) is 48.3 Å². The summed E-state index contributed by atoms with van der Waals surface area (Å²) in [6.07, 6.45) is 5.62. The fourth-order valence-corrected chi connectivity index (χ4v) is 3.89. The Morgan fingerprint density at radius 1 is 1.16 bits per heavy atom. The number of carbonyl (C=O) groups excluding carboxylic acids is 1. The second-order valence-corrected chi connectivity index (χ2v) is 6.98. The standard InChI is InChI=1S/C19H24N4O2/c1-21-11-12-22(15-19(21)7-13-25-14-8-19)18(24)16-3-5-17(6-4-16)23-10-2-9-20-23/h2-6,9-10H,7-8,11-15H2,1H3. The van der Waals surface area contributed by atoms with Crippen molar-refractivity contribution in [2.45, 2.75) is 18.4 Å². The smallest absolute Gasteiger partial charge is 0.253 e. The second kappa shape index (κ2) is 6.61. The van der Waals surface area contributed by atoms with Crippen molar-refractivity contribution in [3.8, 4) is 5.69 Å². The Balaban J connectivity index is 1.50. The van der Waals surface area contributed by atoms with Crippen molar-refractivity contribution < 1.29 is 9.53 Å². The van der Waals surface area contributed by atoms with Crippen LogP contribution in [0.3, 0.4) is 0 Å². The van der Waals surface area contributed by atoms with Crippen molar-refractivity contribution in [3.63, 3.8) is 0 Å². The van der Waals surface area contributed by atoms with Gasteiger partial charge in [-0.05, 0) is 50.2 Å². The third-order valence-corrected chi connectivity index (χ3v) is 5.59. The van der Waals surface area contributed by atoms with Crippen LogP contribution in [0.4, 0.5) is 0 Å². The van der Waals surface area contributed by atoms with Crippen LogP contribution < -0.4 is 0 Å². The van der Waals surface area contributed by atoms with Crippen LogP contribution in [0.1, 0.15) is 23.2 Å². The quantitative estimate of drug-likeness (QED) is 0.837. The third kappa shape index (κ3) is 3.07. The largest absolute Gasteiger partial charge is 0.381 e. The number of piperazine rings is 1. The number of aromatic nitrogens is 2. The lowest BCUT2D eigenvalue weighted by Gasteiger charge is -2.51. The van der Waals surface area contributed by atoms with Crippen LogP contribution in [0.25, 0.3) is 5.69 Å². The highest BCUT2D eigenvalue weighted by Gasteiger charge is 2.42. The Kier molecular flexibility index (Phi) is 4.31. The molecule has 1 spiro atoms. The molecule has 2 aliphatic rings. The molecule has 4 rings (SSSR count). The van der Waals surface area contributed by atoms with E-state index in [0.29, 0.717) is 0 Å². The SMILES string of the molecule is CN1CCN(C(=O)c2ccc(-n3cccn3)cc2)CC12CCOCC2. The molecule has 1 aromatic heterocycles. The second-order valence-electron chi connectivity index (χ2n) is 6.98. The Morgan fingerprint density at radius 2 is 1.92 bits per heavy atom. The summed E-state index contributed by atoms with van der Waals surface area (Å²) in [4.78, 5) is 17.4. The number of likely N-dealkylation sites (N-methyl/N-ethyl adjacent to an activating group) is 1.